The number of hydrogen-bond donors (Lipinski definition) is 1. The number of aliphatic hydroxyl groups is 1. The van der Waals surface area contributed by atoms with Crippen LogP contribution in [-0.4, -0.2) is 59.0 Å². The van der Waals surface area contributed by atoms with Crippen molar-refractivity contribution in [2.45, 2.75) is 45.6 Å². The van der Waals surface area contributed by atoms with E-state index in [1.54, 1.807) is 0 Å². The van der Waals surface area contributed by atoms with Gasteiger partial charge in [-0.2, -0.15) is 0 Å². The lowest BCUT2D eigenvalue weighted by Crippen LogP contribution is -2.48. The Morgan fingerprint density at radius 3 is 2.44 bits per heavy atom. The molecule has 1 aromatic carbocycles. The molecule has 3 rings (SSSR count). The highest BCUT2D eigenvalue weighted by Crippen LogP contribution is 2.30. The first-order valence-electron chi connectivity index (χ1n) is 9.28. The molecular formula is C20H28N2O3. The van der Waals surface area contributed by atoms with Crippen LogP contribution < -0.4 is 0 Å². The van der Waals surface area contributed by atoms with Crippen LogP contribution in [0, 0.1) is 19.8 Å². The zero-order valence-electron chi connectivity index (χ0n) is 15.2. The van der Waals surface area contributed by atoms with Gasteiger partial charge in [0.2, 0.25) is 5.91 Å². The average Bonchev–Trinajstić information content (AvgIpc) is 3.42. The Labute approximate surface area is 149 Å². The SMILES string of the molecule is Cc1cc(C)cc(C(=O)N2CCCC(C(=O)N(CCO)C3CC3)C2)c1. The zero-order valence-corrected chi connectivity index (χ0v) is 15.2. The third kappa shape index (κ3) is 4.21. The average molecular weight is 344 g/mol. The Hall–Kier alpha value is -1.88. The predicted molar refractivity (Wildman–Crippen MR) is 96.4 cm³/mol. The minimum atomic E-state index is -0.143. The number of amides is 2. The molecule has 1 N–H and O–H groups in total. The van der Waals surface area contributed by atoms with Crippen molar-refractivity contribution in [3.05, 3.63) is 34.9 Å². The van der Waals surface area contributed by atoms with Crippen LogP contribution in [0.3, 0.4) is 0 Å². The van der Waals surface area contributed by atoms with Gasteiger partial charge < -0.3 is 14.9 Å². The highest BCUT2D eigenvalue weighted by Gasteiger charge is 2.37. The highest BCUT2D eigenvalue weighted by molar-refractivity contribution is 5.95. The van der Waals surface area contributed by atoms with E-state index in [-0.39, 0.29) is 24.3 Å². The fourth-order valence-corrected chi connectivity index (χ4v) is 3.85. The van der Waals surface area contributed by atoms with Crippen molar-refractivity contribution in [1.29, 1.82) is 0 Å². The molecule has 2 aliphatic rings. The second-order valence-corrected chi connectivity index (χ2v) is 7.45. The van der Waals surface area contributed by atoms with Crippen molar-refractivity contribution in [1.82, 2.24) is 9.80 Å². The van der Waals surface area contributed by atoms with Crippen LogP contribution in [0.4, 0.5) is 0 Å². The van der Waals surface area contributed by atoms with E-state index >= 15 is 0 Å². The molecule has 136 valence electrons. The summed E-state index contributed by atoms with van der Waals surface area (Å²) in [6.07, 6.45) is 3.74. The van der Waals surface area contributed by atoms with Crippen molar-refractivity contribution in [3.8, 4) is 0 Å². The van der Waals surface area contributed by atoms with Crippen LogP contribution in [-0.2, 0) is 4.79 Å². The summed E-state index contributed by atoms with van der Waals surface area (Å²) in [4.78, 5) is 29.4. The third-order valence-electron chi connectivity index (χ3n) is 5.14. The van der Waals surface area contributed by atoms with Gasteiger partial charge in [0, 0.05) is 31.2 Å². The van der Waals surface area contributed by atoms with Crippen LogP contribution >= 0.6 is 0 Å². The van der Waals surface area contributed by atoms with Gasteiger partial charge in [-0.3, -0.25) is 9.59 Å². The number of hydrogen-bond acceptors (Lipinski definition) is 3. The smallest absolute Gasteiger partial charge is 0.253 e. The summed E-state index contributed by atoms with van der Waals surface area (Å²) in [6, 6.07) is 6.19. The Morgan fingerprint density at radius 1 is 1.16 bits per heavy atom. The quantitative estimate of drug-likeness (QED) is 0.890. The molecule has 1 saturated heterocycles. The molecule has 5 nitrogen and oxygen atoms in total. The molecule has 0 bridgehead atoms. The molecule has 0 spiro atoms. The van der Waals surface area contributed by atoms with Crippen molar-refractivity contribution in [2.75, 3.05) is 26.2 Å². The lowest BCUT2D eigenvalue weighted by Gasteiger charge is -2.35. The summed E-state index contributed by atoms with van der Waals surface area (Å²) in [5.74, 6) is -0.0188. The summed E-state index contributed by atoms with van der Waals surface area (Å²) in [5.41, 5.74) is 2.87. The minimum absolute atomic E-state index is 0.000173. The van der Waals surface area contributed by atoms with Crippen LogP contribution in [0.5, 0.6) is 0 Å². The largest absolute Gasteiger partial charge is 0.395 e. The standard InChI is InChI=1S/C20H28N2O3/c1-14-10-15(2)12-17(11-14)19(24)21-7-3-4-16(13-21)20(25)22(8-9-23)18-5-6-18/h10-12,16,18,23H,3-9,13H2,1-2H3. The molecule has 1 saturated carbocycles. The number of benzene rings is 1. The van der Waals surface area contributed by atoms with Crippen molar-refractivity contribution >= 4 is 11.8 Å². The molecule has 1 aliphatic heterocycles. The maximum absolute atomic E-state index is 12.9. The summed E-state index contributed by atoms with van der Waals surface area (Å²) in [5, 5.41) is 9.24. The monoisotopic (exact) mass is 344 g/mol. The zero-order chi connectivity index (χ0) is 18.0. The molecule has 2 fully saturated rings. The Balaban J connectivity index is 1.69. The summed E-state index contributed by atoms with van der Waals surface area (Å²) < 4.78 is 0. The second kappa shape index (κ2) is 7.56. The van der Waals surface area contributed by atoms with Crippen molar-refractivity contribution < 1.29 is 14.7 Å². The van der Waals surface area contributed by atoms with Gasteiger partial charge in [0.05, 0.1) is 12.5 Å². The normalized spacial score (nSPS) is 20.4. The van der Waals surface area contributed by atoms with E-state index in [0.29, 0.717) is 31.2 Å². The van der Waals surface area contributed by atoms with E-state index in [0.717, 1.165) is 36.8 Å². The first-order valence-corrected chi connectivity index (χ1v) is 9.28. The fourth-order valence-electron chi connectivity index (χ4n) is 3.85. The number of carbonyl (C=O) groups is 2. The van der Waals surface area contributed by atoms with E-state index in [2.05, 4.69) is 6.07 Å². The van der Waals surface area contributed by atoms with Crippen LogP contribution in [0.15, 0.2) is 18.2 Å². The Bertz CT molecular complexity index is 634. The van der Waals surface area contributed by atoms with Crippen LogP contribution in [0.2, 0.25) is 0 Å². The predicted octanol–water partition coefficient (Wildman–Crippen LogP) is 2.14. The van der Waals surface area contributed by atoms with E-state index in [1.165, 1.54) is 0 Å². The molecule has 1 aliphatic carbocycles. The number of rotatable bonds is 5. The molecule has 2 amide bonds. The maximum Gasteiger partial charge on any atom is 0.253 e. The maximum atomic E-state index is 12.9. The number of likely N-dealkylation sites (tertiary alicyclic amines) is 1. The lowest BCUT2D eigenvalue weighted by atomic mass is 9.95. The van der Waals surface area contributed by atoms with Gasteiger partial charge in [0.15, 0.2) is 0 Å². The molecule has 1 unspecified atom stereocenters. The van der Waals surface area contributed by atoms with E-state index in [4.69, 9.17) is 0 Å². The summed E-state index contributed by atoms with van der Waals surface area (Å²) in [7, 11) is 0. The Kier molecular flexibility index (Phi) is 5.42. The van der Waals surface area contributed by atoms with Crippen LogP contribution in [0.1, 0.15) is 47.2 Å². The summed E-state index contributed by atoms with van der Waals surface area (Å²) in [6.45, 7) is 5.59. The number of aliphatic hydroxyl groups excluding tert-OH is 1. The number of piperidine rings is 1. The van der Waals surface area contributed by atoms with E-state index < -0.39 is 0 Å². The number of carbonyl (C=O) groups excluding carboxylic acids is 2. The number of nitrogens with zero attached hydrogens (tertiary/aromatic N) is 2. The Morgan fingerprint density at radius 2 is 1.84 bits per heavy atom. The lowest BCUT2D eigenvalue weighted by molar-refractivity contribution is -0.138. The van der Waals surface area contributed by atoms with Gasteiger partial charge in [-0.25, -0.2) is 0 Å². The van der Waals surface area contributed by atoms with Crippen molar-refractivity contribution in [2.24, 2.45) is 5.92 Å². The molecule has 1 atom stereocenters. The molecule has 1 aromatic rings. The first-order chi connectivity index (χ1) is 12.0. The fraction of sp³-hybridized carbons (Fsp3) is 0.600. The summed E-state index contributed by atoms with van der Waals surface area (Å²) >= 11 is 0. The van der Waals surface area contributed by atoms with Gasteiger partial charge in [-0.1, -0.05) is 17.2 Å². The minimum Gasteiger partial charge on any atom is -0.395 e. The van der Waals surface area contributed by atoms with Crippen LogP contribution in [0.25, 0.3) is 0 Å². The van der Waals surface area contributed by atoms with E-state index in [9.17, 15) is 14.7 Å². The second-order valence-electron chi connectivity index (χ2n) is 7.45. The van der Waals surface area contributed by atoms with Gasteiger partial charge in [0.25, 0.3) is 5.91 Å². The van der Waals surface area contributed by atoms with Crippen molar-refractivity contribution in [3.63, 3.8) is 0 Å². The highest BCUT2D eigenvalue weighted by atomic mass is 16.3. The topological polar surface area (TPSA) is 60.9 Å². The van der Waals surface area contributed by atoms with Gasteiger partial charge in [0.1, 0.15) is 0 Å². The molecule has 1 heterocycles. The first kappa shape index (κ1) is 17.9. The molecular weight excluding hydrogens is 316 g/mol. The van der Waals surface area contributed by atoms with Gasteiger partial charge in [-0.05, 0) is 51.7 Å². The molecule has 0 radical (unpaired) electrons. The molecule has 0 aromatic heterocycles. The third-order valence-corrected chi connectivity index (χ3v) is 5.14. The molecule has 5 heteroatoms. The number of aryl methyl sites for hydroxylation is 2. The van der Waals surface area contributed by atoms with E-state index in [1.807, 2.05) is 35.8 Å². The van der Waals surface area contributed by atoms with Gasteiger partial charge >= 0.3 is 0 Å². The van der Waals surface area contributed by atoms with Gasteiger partial charge in [-0.15, -0.1) is 0 Å². The molecule has 25 heavy (non-hydrogen) atoms.